The summed E-state index contributed by atoms with van der Waals surface area (Å²) in [5.74, 6) is -0.947. The van der Waals surface area contributed by atoms with Gasteiger partial charge in [-0.15, -0.1) is 0 Å². The van der Waals surface area contributed by atoms with Crippen LogP contribution in [0.2, 0.25) is 5.02 Å². The van der Waals surface area contributed by atoms with Gasteiger partial charge < -0.3 is 25.4 Å². The molecule has 34 heavy (non-hydrogen) atoms. The summed E-state index contributed by atoms with van der Waals surface area (Å²) in [6.45, 7) is 0.353. The van der Waals surface area contributed by atoms with Gasteiger partial charge in [-0.05, 0) is 56.1 Å². The Kier molecular flexibility index (Phi) is 6.86. The summed E-state index contributed by atoms with van der Waals surface area (Å²) in [4.78, 5) is 26.1. The maximum atomic E-state index is 13.1. The van der Waals surface area contributed by atoms with Gasteiger partial charge in [-0.2, -0.15) is 0 Å². The second kappa shape index (κ2) is 9.99. The maximum absolute atomic E-state index is 13.1. The minimum absolute atomic E-state index is 0.263. The van der Waals surface area contributed by atoms with Gasteiger partial charge in [-0.3, -0.25) is 4.79 Å². The van der Waals surface area contributed by atoms with Gasteiger partial charge in [0.25, 0.3) is 5.91 Å². The lowest BCUT2D eigenvalue weighted by Gasteiger charge is -2.16. The van der Waals surface area contributed by atoms with E-state index in [1.54, 1.807) is 36.4 Å². The Morgan fingerprint density at radius 2 is 1.85 bits per heavy atom. The number of fused-ring (bicyclic) bond motifs is 1. The Morgan fingerprint density at radius 1 is 1.09 bits per heavy atom. The van der Waals surface area contributed by atoms with Crippen LogP contribution in [0.25, 0.3) is 11.3 Å². The molecule has 1 aliphatic rings. The molecule has 1 aliphatic heterocycles. The number of carboxylic acids is 1. The van der Waals surface area contributed by atoms with Crippen molar-refractivity contribution >= 4 is 46.1 Å². The van der Waals surface area contributed by atoms with Crippen LogP contribution < -0.4 is 15.4 Å². The van der Waals surface area contributed by atoms with Crippen LogP contribution in [0.5, 0.6) is 5.75 Å². The number of rotatable bonds is 8. The topological polar surface area (TPSA) is 90.9 Å². The highest BCUT2D eigenvalue weighted by Crippen LogP contribution is 2.39. The third-order valence-corrected chi connectivity index (χ3v) is 5.42. The Balaban J connectivity index is 1.78. The number of anilines is 2. The number of benzene rings is 3. The molecule has 1 heterocycles. The number of carbonyl (C=O) groups excluding carboxylic acids is 1. The summed E-state index contributed by atoms with van der Waals surface area (Å²) >= 11 is 6.13. The van der Waals surface area contributed by atoms with Crippen molar-refractivity contribution < 1.29 is 19.4 Å². The molecular formula is C26H24ClN3O4. The van der Waals surface area contributed by atoms with Gasteiger partial charge in [0.05, 0.1) is 17.0 Å². The van der Waals surface area contributed by atoms with E-state index in [1.807, 2.05) is 44.4 Å². The maximum Gasteiger partial charge on any atom is 0.341 e. The van der Waals surface area contributed by atoms with Crippen molar-refractivity contribution in [2.75, 3.05) is 31.3 Å². The molecule has 1 amide bonds. The molecule has 3 aromatic rings. The van der Waals surface area contributed by atoms with Gasteiger partial charge in [0.1, 0.15) is 5.75 Å². The average Bonchev–Trinajstić information content (AvgIpc) is 3.11. The molecule has 7 nitrogen and oxygen atoms in total. The summed E-state index contributed by atoms with van der Waals surface area (Å²) in [5, 5.41) is 15.7. The number of ether oxygens (including phenoxy) is 1. The van der Waals surface area contributed by atoms with Crippen molar-refractivity contribution in [3.05, 3.63) is 88.4 Å². The van der Waals surface area contributed by atoms with E-state index in [0.717, 1.165) is 23.4 Å². The van der Waals surface area contributed by atoms with Crippen molar-refractivity contribution in [2.24, 2.45) is 0 Å². The summed E-state index contributed by atoms with van der Waals surface area (Å²) < 4.78 is 5.36. The fourth-order valence-corrected chi connectivity index (χ4v) is 3.93. The minimum atomic E-state index is -1.07. The van der Waals surface area contributed by atoms with E-state index in [2.05, 4.69) is 15.5 Å². The van der Waals surface area contributed by atoms with E-state index < -0.39 is 12.6 Å². The second-order valence-electron chi connectivity index (χ2n) is 8.16. The van der Waals surface area contributed by atoms with Crippen LogP contribution in [-0.2, 0) is 16.1 Å². The quantitative estimate of drug-likeness (QED) is 0.404. The molecule has 4 rings (SSSR count). The van der Waals surface area contributed by atoms with Crippen LogP contribution in [0.4, 0.5) is 11.4 Å². The first-order valence-corrected chi connectivity index (χ1v) is 11.0. The fraction of sp³-hybridized carbons (Fsp3) is 0.154. The van der Waals surface area contributed by atoms with Crippen LogP contribution in [0.15, 0.2) is 66.7 Å². The smallest absolute Gasteiger partial charge is 0.341 e. The molecule has 0 radical (unpaired) electrons. The van der Waals surface area contributed by atoms with Crippen LogP contribution >= 0.6 is 11.6 Å². The predicted molar refractivity (Wildman–Crippen MR) is 134 cm³/mol. The molecule has 174 valence electrons. The third-order valence-electron chi connectivity index (χ3n) is 5.18. The lowest BCUT2D eigenvalue weighted by atomic mass is 9.99. The van der Waals surface area contributed by atoms with Gasteiger partial charge >= 0.3 is 5.97 Å². The molecule has 3 aromatic carbocycles. The highest BCUT2D eigenvalue weighted by Gasteiger charge is 2.28. The number of halogens is 1. The van der Waals surface area contributed by atoms with Crippen molar-refractivity contribution in [3.63, 3.8) is 0 Å². The van der Waals surface area contributed by atoms with E-state index in [1.165, 1.54) is 0 Å². The molecule has 8 heteroatoms. The molecule has 0 fully saturated rings. The van der Waals surface area contributed by atoms with Crippen LogP contribution in [0.1, 0.15) is 16.7 Å². The highest BCUT2D eigenvalue weighted by molar-refractivity contribution is 6.38. The first kappa shape index (κ1) is 23.4. The lowest BCUT2D eigenvalue weighted by Crippen LogP contribution is -2.12. The standard InChI is InChI=1S/C26H24ClN3O4/c1-30(2)14-16-6-9-19(10-7-16)28-25(17-4-3-5-20(12-17)34-15-23(31)32)24-21-11-8-18(27)13-22(21)29-26(24)33/h3-13,28H,14-15H2,1-2H3,(H,29,33)(H,31,32)/b25-24-. The summed E-state index contributed by atoms with van der Waals surface area (Å²) in [6.07, 6.45) is 0. The molecule has 0 saturated heterocycles. The number of carboxylic acid groups (broad SMARTS) is 1. The lowest BCUT2D eigenvalue weighted by molar-refractivity contribution is -0.139. The molecule has 0 bridgehead atoms. The summed E-state index contributed by atoms with van der Waals surface area (Å²) in [6, 6.07) is 20.2. The SMILES string of the molecule is CN(C)Cc1ccc(N/C(=C2\C(=O)Nc3cc(Cl)ccc32)c2cccc(OCC(=O)O)c2)cc1. The largest absolute Gasteiger partial charge is 0.482 e. The molecule has 0 atom stereocenters. The zero-order chi connectivity index (χ0) is 24.2. The number of hydrogen-bond donors (Lipinski definition) is 3. The number of hydrogen-bond acceptors (Lipinski definition) is 5. The normalized spacial score (nSPS) is 13.9. The van der Waals surface area contributed by atoms with E-state index in [9.17, 15) is 9.59 Å². The number of aliphatic carboxylic acids is 1. The van der Waals surface area contributed by atoms with Gasteiger partial charge in [-0.25, -0.2) is 4.79 Å². The van der Waals surface area contributed by atoms with Crippen LogP contribution in [-0.4, -0.2) is 42.6 Å². The third kappa shape index (κ3) is 5.39. The first-order valence-electron chi connectivity index (χ1n) is 10.6. The molecule has 0 unspecified atom stereocenters. The zero-order valence-corrected chi connectivity index (χ0v) is 19.5. The molecule has 0 saturated carbocycles. The van der Waals surface area contributed by atoms with E-state index in [-0.39, 0.29) is 5.91 Å². The van der Waals surface area contributed by atoms with Gasteiger partial charge in [-0.1, -0.05) is 41.9 Å². The van der Waals surface area contributed by atoms with E-state index in [0.29, 0.717) is 33.3 Å². The molecular weight excluding hydrogens is 454 g/mol. The number of carbonyl (C=O) groups is 2. The van der Waals surface area contributed by atoms with Crippen molar-refractivity contribution in [1.82, 2.24) is 4.90 Å². The van der Waals surface area contributed by atoms with Crippen molar-refractivity contribution in [2.45, 2.75) is 6.54 Å². The Morgan fingerprint density at radius 3 is 2.56 bits per heavy atom. The van der Waals surface area contributed by atoms with Gasteiger partial charge in [0, 0.05) is 28.4 Å². The molecule has 0 aromatic heterocycles. The van der Waals surface area contributed by atoms with Crippen molar-refractivity contribution in [3.8, 4) is 5.75 Å². The summed E-state index contributed by atoms with van der Waals surface area (Å²) in [5.41, 5.74) is 5.02. The molecule has 0 aliphatic carbocycles. The Hall–Kier alpha value is -3.81. The Labute approximate surface area is 202 Å². The first-order chi connectivity index (χ1) is 16.3. The van der Waals surface area contributed by atoms with Crippen LogP contribution in [0.3, 0.4) is 0 Å². The number of nitrogens with zero attached hydrogens (tertiary/aromatic N) is 1. The molecule has 3 N–H and O–H groups in total. The Bertz CT molecular complexity index is 1270. The van der Waals surface area contributed by atoms with Crippen molar-refractivity contribution in [1.29, 1.82) is 0 Å². The average molecular weight is 478 g/mol. The fourth-order valence-electron chi connectivity index (χ4n) is 3.76. The predicted octanol–water partition coefficient (Wildman–Crippen LogP) is 4.80. The highest BCUT2D eigenvalue weighted by atomic mass is 35.5. The monoisotopic (exact) mass is 477 g/mol. The number of amides is 1. The van der Waals surface area contributed by atoms with Gasteiger partial charge in [0.15, 0.2) is 6.61 Å². The minimum Gasteiger partial charge on any atom is -0.482 e. The van der Waals surface area contributed by atoms with E-state index in [4.69, 9.17) is 21.4 Å². The van der Waals surface area contributed by atoms with E-state index >= 15 is 0 Å². The molecule has 0 spiro atoms. The number of nitrogens with one attached hydrogen (secondary N) is 2. The second-order valence-corrected chi connectivity index (χ2v) is 8.60. The summed E-state index contributed by atoms with van der Waals surface area (Å²) in [7, 11) is 4.02. The zero-order valence-electron chi connectivity index (χ0n) is 18.8. The van der Waals surface area contributed by atoms with Crippen LogP contribution in [0, 0.1) is 0 Å². The van der Waals surface area contributed by atoms with Gasteiger partial charge in [0.2, 0.25) is 0 Å².